The average Bonchev–Trinajstić information content (AvgIpc) is 3.25. The number of tetrazole rings is 1. The molecular weight excluding hydrogens is 438 g/mol. The fourth-order valence-electron chi connectivity index (χ4n) is 3.19. The first-order valence-electron chi connectivity index (χ1n) is 9.30. The molecule has 14 heteroatoms. The molecule has 12 nitrogen and oxygen atoms in total. The lowest BCUT2D eigenvalue weighted by molar-refractivity contribution is -0.171. The van der Waals surface area contributed by atoms with Crippen molar-refractivity contribution >= 4 is 41.6 Å². The van der Waals surface area contributed by atoms with E-state index in [1.54, 1.807) is 18.9 Å². The van der Waals surface area contributed by atoms with Gasteiger partial charge in [-0.05, 0) is 23.8 Å². The van der Waals surface area contributed by atoms with Gasteiger partial charge in [-0.3, -0.25) is 9.59 Å². The Labute approximate surface area is 181 Å². The Kier molecular flexibility index (Phi) is 7.08. The fraction of sp³-hybridized carbons (Fsp3) is 0.750. The lowest BCUT2D eigenvalue weighted by Gasteiger charge is -2.40. The summed E-state index contributed by atoms with van der Waals surface area (Å²) in [5.41, 5.74) is 0. The zero-order valence-corrected chi connectivity index (χ0v) is 18.3. The SMILES string of the molecule is CCOC(=O)OC(C)OC(=O)C1(CCSc2nnnn2C)CN2C(=O)[C@H](CO)[C@H]2S1. The highest BCUT2D eigenvalue weighted by atomic mass is 32.2. The first kappa shape index (κ1) is 22.6. The molecule has 2 unspecified atom stereocenters. The predicted molar refractivity (Wildman–Crippen MR) is 104 cm³/mol. The van der Waals surface area contributed by atoms with Gasteiger partial charge < -0.3 is 24.2 Å². The predicted octanol–water partition coefficient (Wildman–Crippen LogP) is 0.0170. The van der Waals surface area contributed by atoms with Gasteiger partial charge in [0.2, 0.25) is 17.4 Å². The minimum atomic E-state index is -1.15. The third kappa shape index (κ3) is 4.49. The van der Waals surface area contributed by atoms with Crippen LogP contribution in [0, 0.1) is 5.92 Å². The van der Waals surface area contributed by atoms with Crippen LogP contribution < -0.4 is 0 Å². The van der Waals surface area contributed by atoms with Crippen LogP contribution in [-0.4, -0.2) is 90.2 Å². The topological polar surface area (TPSA) is 146 Å². The van der Waals surface area contributed by atoms with Gasteiger partial charge in [0.25, 0.3) is 0 Å². The summed E-state index contributed by atoms with van der Waals surface area (Å²) in [6.45, 7) is 3.05. The zero-order valence-electron chi connectivity index (χ0n) is 16.7. The van der Waals surface area contributed by atoms with E-state index in [4.69, 9.17) is 9.47 Å². The lowest BCUT2D eigenvalue weighted by atomic mass is 9.96. The summed E-state index contributed by atoms with van der Waals surface area (Å²) in [7, 11) is 1.71. The van der Waals surface area contributed by atoms with E-state index in [0.717, 1.165) is 0 Å². The maximum absolute atomic E-state index is 13.1. The molecule has 0 radical (unpaired) electrons. The number of rotatable bonds is 9. The van der Waals surface area contributed by atoms with E-state index in [1.807, 2.05) is 0 Å². The molecule has 2 fully saturated rings. The molecule has 1 aromatic heterocycles. The molecule has 0 saturated carbocycles. The number of β-lactam (4-membered cyclic amide) rings is 1. The number of carbonyl (C=O) groups is 3. The fourth-order valence-corrected chi connectivity index (χ4v) is 5.99. The maximum atomic E-state index is 13.1. The van der Waals surface area contributed by atoms with Crippen LogP contribution in [0.2, 0.25) is 0 Å². The van der Waals surface area contributed by atoms with Crippen molar-refractivity contribution in [3.05, 3.63) is 0 Å². The van der Waals surface area contributed by atoms with Crippen molar-refractivity contribution < 1.29 is 33.7 Å². The van der Waals surface area contributed by atoms with Crippen LogP contribution >= 0.6 is 23.5 Å². The molecule has 1 amide bonds. The first-order chi connectivity index (χ1) is 14.3. The highest BCUT2D eigenvalue weighted by molar-refractivity contribution is 8.02. The van der Waals surface area contributed by atoms with Crippen LogP contribution in [0.5, 0.6) is 0 Å². The molecule has 4 atom stereocenters. The van der Waals surface area contributed by atoms with Crippen LogP contribution in [0.1, 0.15) is 20.3 Å². The number of aliphatic hydroxyl groups excluding tert-OH is 1. The minimum absolute atomic E-state index is 0.134. The average molecular weight is 462 g/mol. The van der Waals surface area contributed by atoms with E-state index in [1.165, 1.54) is 35.1 Å². The largest absolute Gasteiger partial charge is 0.511 e. The summed E-state index contributed by atoms with van der Waals surface area (Å²) in [5.74, 6) is -0.832. The van der Waals surface area contributed by atoms with Crippen molar-refractivity contribution in [3.8, 4) is 0 Å². The van der Waals surface area contributed by atoms with Crippen LogP contribution in [0.3, 0.4) is 0 Å². The number of hydrogen-bond donors (Lipinski definition) is 1. The number of fused-ring (bicyclic) bond motifs is 1. The van der Waals surface area contributed by atoms with E-state index in [2.05, 4.69) is 20.3 Å². The number of amides is 1. The molecule has 30 heavy (non-hydrogen) atoms. The number of carbonyl (C=O) groups excluding carboxylic acids is 3. The molecule has 0 bridgehead atoms. The van der Waals surface area contributed by atoms with Gasteiger partial charge >= 0.3 is 12.1 Å². The second-order valence-electron chi connectivity index (χ2n) is 6.72. The Hall–Kier alpha value is -2.06. The van der Waals surface area contributed by atoms with E-state index in [0.29, 0.717) is 17.3 Å². The highest BCUT2D eigenvalue weighted by Gasteiger charge is 2.61. The molecule has 2 saturated heterocycles. The Balaban J connectivity index is 1.68. The zero-order chi connectivity index (χ0) is 21.9. The van der Waals surface area contributed by atoms with Crippen molar-refractivity contribution in [2.75, 3.05) is 25.5 Å². The number of aliphatic hydroxyl groups is 1. The van der Waals surface area contributed by atoms with Crippen LogP contribution in [0.25, 0.3) is 0 Å². The number of thioether (sulfide) groups is 2. The monoisotopic (exact) mass is 461 g/mol. The van der Waals surface area contributed by atoms with Crippen molar-refractivity contribution in [2.24, 2.45) is 13.0 Å². The number of ether oxygens (including phenoxy) is 3. The van der Waals surface area contributed by atoms with Gasteiger partial charge in [0.15, 0.2) is 0 Å². The third-order valence-corrected chi connectivity index (χ3v) is 7.50. The van der Waals surface area contributed by atoms with Gasteiger partial charge in [-0.2, -0.15) is 0 Å². The number of aryl methyl sites for hydroxylation is 1. The molecule has 0 aliphatic carbocycles. The van der Waals surface area contributed by atoms with Crippen LogP contribution in [0.4, 0.5) is 4.79 Å². The first-order valence-corrected chi connectivity index (χ1v) is 11.2. The lowest BCUT2D eigenvalue weighted by Crippen LogP contribution is -2.58. The second-order valence-corrected chi connectivity index (χ2v) is 9.28. The van der Waals surface area contributed by atoms with Crippen LogP contribution in [0.15, 0.2) is 5.16 Å². The number of esters is 1. The van der Waals surface area contributed by atoms with Crippen molar-refractivity contribution in [2.45, 2.75) is 41.8 Å². The summed E-state index contributed by atoms with van der Waals surface area (Å²) >= 11 is 2.66. The van der Waals surface area contributed by atoms with E-state index in [9.17, 15) is 19.5 Å². The van der Waals surface area contributed by atoms with Gasteiger partial charge in [-0.25, -0.2) is 9.48 Å². The van der Waals surface area contributed by atoms with Crippen molar-refractivity contribution in [1.82, 2.24) is 25.1 Å². The number of aromatic nitrogens is 4. The Morgan fingerprint density at radius 1 is 1.43 bits per heavy atom. The van der Waals surface area contributed by atoms with Gasteiger partial charge in [0.05, 0.1) is 24.5 Å². The molecule has 0 aromatic carbocycles. The Bertz CT molecular complexity index is 809. The van der Waals surface area contributed by atoms with Gasteiger partial charge in [-0.1, -0.05) is 11.8 Å². The van der Waals surface area contributed by atoms with E-state index >= 15 is 0 Å². The van der Waals surface area contributed by atoms with E-state index in [-0.39, 0.29) is 31.0 Å². The molecule has 166 valence electrons. The third-order valence-electron chi connectivity index (χ3n) is 4.71. The maximum Gasteiger partial charge on any atom is 0.511 e. The molecule has 3 heterocycles. The summed E-state index contributed by atoms with van der Waals surface area (Å²) in [6, 6.07) is 0. The smallest absolute Gasteiger partial charge is 0.435 e. The Morgan fingerprint density at radius 3 is 2.83 bits per heavy atom. The number of hydrogen-bond acceptors (Lipinski definition) is 12. The van der Waals surface area contributed by atoms with E-state index < -0.39 is 29.1 Å². The highest BCUT2D eigenvalue weighted by Crippen LogP contribution is 2.52. The molecule has 3 rings (SSSR count). The second kappa shape index (κ2) is 9.39. The summed E-state index contributed by atoms with van der Waals surface area (Å²) in [6.07, 6.45) is -1.73. The quantitative estimate of drug-likeness (QED) is 0.229. The van der Waals surface area contributed by atoms with Gasteiger partial charge in [0.1, 0.15) is 4.75 Å². The standard InChI is InChI=1S/C16H23N5O7S2/c1-4-26-15(25)28-9(2)27-13(24)16(5-6-29-14-17-18-19-20(14)3)8-21-11(23)10(7-22)12(21)30-16/h9-10,12,22H,4-8H2,1-3H3/t9?,10-,12+,16?/m0/s1. The molecule has 1 N–H and O–H groups in total. The summed E-state index contributed by atoms with van der Waals surface area (Å²) in [5, 5.41) is 21.0. The summed E-state index contributed by atoms with van der Waals surface area (Å²) in [4.78, 5) is 38.3. The van der Waals surface area contributed by atoms with Crippen molar-refractivity contribution in [1.29, 1.82) is 0 Å². The molecule has 2 aliphatic rings. The molecular formula is C16H23N5O7S2. The minimum Gasteiger partial charge on any atom is -0.435 e. The molecule has 1 aromatic rings. The van der Waals surface area contributed by atoms with Crippen molar-refractivity contribution in [3.63, 3.8) is 0 Å². The van der Waals surface area contributed by atoms with Crippen LogP contribution in [-0.2, 0) is 30.8 Å². The number of nitrogens with zero attached hydrogens (tertiary/aromatic N) is 5. The molecule has 2 aliphatic heterocycles. The Morgan fingerprint density at radius 2 is 2.20 bits per heavy atom. The van der Waals surface area contributed by atoms with Gasteiger partial charge in [-0.15, -0.1) is 16.9 Å². The van der Waals surface area contributed by atoms with Gasteiger partial charge in [0, 0.05) is 26.3 Å². The summed E-state index contributed by atoms with van der Waals surface area (Å²) < 4.78 is 15.4. The molecule has 0 spiro atoms. The normalized spacial score (nSPS) is 26.0.